The van der Waals surface area contributed by atoms with Gasteiger partial charge >= 0.3 is 0 Å². The first-order valence-electron chi connectivity index (χ1n) is 9.73. The topological polar surface area (TPSA) is 96.9 Å². The molecule has 0 aliphatic heterocycles. The van der Waals surface area contributed by atoms with Crippen LogP contribution in [0.2, 0.25) is 0 Å². The van der Waals surface area contributed by atoms with Crippen LogP contribution in [0.3, 0.4) is 0 Å². The number of nitrogens with zero attached hydrogens (tertiary/aromatic N) is 3. The van der Waals surface area contributed by atoms with Gasteiger partial charge in [-0.1, -0.05) is 26.0 Å². The van der Waals surface area contributed by atoms with Crippen LogP contribution in [0.15, 0.2) is 48.8 Å². The highest BCUT2D eigenvalue weighted by atomic mass is 16.2. The highest BCUT2D eigenvalue weighted by Crippen LogP contribution is 2.67. The second-order valence-corrected chi connectivity index (χ2v) is 8.31. The quantitative estimate of drug-likeness (QED) is 0.659. The highest BCUT2D eigenvalue weighted by Gasteiger charge is 2.68. The molecule has 3 aromatic rings. The van der Waals surface area contributed by atoms with Crippen molar-refractivity contribution in [2.24, 2.45) is 5.41 Å². The number of pyridine rings is 1. The molecule has 0 radical (unpaired) electrons. The molecule has 2 heterocycles. The predicted octanol–water partition coefficient (Wildman–Crippen LogP) is 2.64. The predicted molar refractivity (Wildman–Crippen MR) is 107 cm³/mol. The van der Waals surface area contributed by atoms with Crippen molar-refractivity contribution in [2.75, 3.05) is 0 Å². The third kappa shape index (κ3) is 2.33. The number of para-hydroxylation sites is 2. The van der Waals surface area contributed by atoms with Gasteiger partial charge in [0, 0.05) is 23.9 Å². The van der Waals surface area contributed by atoms with Crippen molar-refractivity contribution in [2.45, 2.75) is 38.0 Å². The summed E-state index contributed by atoms with van der Waals surface area (Å²) in [6.07, 6.45) is 4.63. The lowest BCUT2D eigenvalue weighted by atomic mass is 9.68. The summed E-state index contributed by atoms with van der Waals surface area (Å²) in [6, 6.07) is 10.9. The van der Waals surface area contributed by atoms with E-state index in [4.69, 9.17) is 9.97 Å². The van der Waals surface area contributed by atoms with Crippen LogP contribution in [-0.2, 0) is 10.2 Å². The van der Waals surface area contributed by atoms with Gasteiger partial charge in [0.25, 0.3) is 11.8 Å². The van der Waals surface area contributed by atoms with Crippen molar-refractivity contribution >= 4 is 22.8 Å². The van der Waals surface area contributed by atoms with E-state index >= 15 is 0 Å². The summed E-state index contributed by atoms with van der Waals surface area (Å²) in [5, 5.41) is 0. The van der Waals surface area contributed by atoms with Crippen LogP contribution in [0.1, 0.15) is 54.4 Å². The molecule has 0 spiro atoms. The molecule has 2 bridgehead atoms. The Morgan fingerprint density at radius 2 is 1.69 bits per heavy atom. The minimum Gasteiger partial charge on any atom is -0.272 e. The second kappa shape index (κ2) is 6.07. The van der Waals surface area contributed by atoms with E-state index in [9.17, 15) is 9.59 Å². The number of benzene rings is 1. The van der Waals surface area contributed by atoms with Crippen molar-refractivity contribution < 1.29 is 9.59 Å². The Bertz CT molecular complexity index is 1140. The van der Waals surface area contributed by atoms with Crippen LogP contribution in [-0.4, -0.2) is 26.8 Å². The molecule has 0 saturated heterocycles. The van der Waals surface area contributed by atoms with Gasteiger partial charge in [0.1, 0.15) is 5.41 Å². The van der Waals surface area contributed by atoms with Gasteiger partial charge in [-0.25, -0.2) is 9.97 Å². The SMILES string of the molecule is CC1(C)C2CCC1(C(=O)NNC(=O)c1ccncc1)c1nc3ccccc3nc12. The van der Waals surface area contributed by atoms with Gasteiger partial charge in [0.2, 0.25) is 0 Å². The Kier molecular flexibility index (Phi) is 3.71. The maximum absolute atomic E-state index is 13.5. The van der Waals surface area contributed by atoms with E-state index in [1.807, 2.05) is 24.3 Å². The second-order valence-electron chi connectivity index (χ2n) is 8.31. The van der Waals surface area contributed by atoms with Crippen molar-refractivity contribution in [3.63, 3.8) is 0 Å². The Balaban J connectivity index is 1.51. The van der Waals surface area contributed by atoms with Crippen LogP contribution < -0.4 is 10.9 Å². The Labute approximate surface area is 167 Å². The first-order valence-corrected chi connectivity index (χ1v) is 9.73. The number of rotatable bonds is 2. The molecule has 2 aliphatic carbocycles. The average Bonchev–Trinajstić information content (AvgIpc) is 3.12. The van der Waals surface area contributed by atoms with Crippen molar-refractivity contribution in [3.05, 3.63) is 65.7 Å². The fourth-order valence-electron chi connectivity index (χ4n) is 5.12. The van der Waals surface area contributed by atoms with E-state index < -0.39 is 5.41 Å². The number of amides is 2. The Morgan fingerprint density at radius 3 is 2.41 bits per heavy atom. The van der Waals surface area contributed by atoms with Crippen molar-refractivity contribution in [3.8, 4) is 0 Å². The molecule has 2 atom stereocenters. The van der Waals surface area contributed by atoms with Gasteiger partial charge in [0.05, 0.1) is 22.4 Å². The molecule has 2 unspecified atom stereocenters. The molecule has 2 amide bonds. The lowest BCUT2D eigenvalue weighted by molar-refractivity contribution is -0.130. The summed E-state index contributed by atoms with van der Waals surface area (Å²) in [5.41, 5.74) is 7.74. The van der Waals surface area contributed by atoms with Gasteiger partial charge in [-0.2, -0.15) is 0 Å². The van der Waals surface area contributed by atoms with E-state index in [-0.39, 0.29) is 23.1 Å². The number of hydrazine groups is 1. The summed E-state index contributed by atoms with van der Waals surface area (Å²) in [5.74, 6) is -0.459. The Hall–Kier alpha value is -3.35. The maximum atomic E-state index is 13.5. The summed E-state index contributed by atoms with van der Waals surface area (Å²) < 4.78 is 0. The largest absolute Gasteiger partial charge is 0.272 e. The summed E-state index contributed by atoms with van der Waals surface area (Å²) >= 11 is 0. The van der Waals surface area contributed by atoms with E-state index in [1.165, 1.54) is 12.4 Å². The first-order chi connectivity index (χ1) is 13.9. The van der Waals surface area contributed by atoms with E-state index in [2.05, 4.69) is 29.7 Å². The number of carbonyl (C=O) groups excluding carboxylic acids is 2. The molecule has 2 aliphatic rings. The minimum atomic E-state index is -0.824. The lowest BCUT2D eigenvalue weighted by Crippen LogP contribution is -2.54. The molecule has 2 aromatic heterocycles. The number of nitrogens with one attached hydrogen (secondary N) is 2. The number of fused-ring (bicyclic) bond motifs is 6. The lowest BCUT2D eigenvalue weighted by Gasteiger charge is -2.36. The molecular formula is C22H21N5O2. The van der Waals surface area contributed by atoms with Crippen molar-refractivity contribution in [1.29, 1.82) is 0 Å². The summed E-state index contributed by atoms with van der Waals surface area (Å²) in [7, 11) is 0. The average molecular weight is 387 g/mol. The molecule has 7 nitrogen and oxygen atoms in total. The van der Waals surface area contributed by atoms with E-state index in [0.717, 1.165) is 28.8 Å². The van der Waals surface area contributed by atoms with Gasteiger partial charge in [-0.05, 0) is 42.5 Å². The maximum Gasteiger partial charge on any atom is 0.269 e. The highest BCUT2D eigenvalue weighted by molar-refractivity contribution is 5.98. The van der Waals surface area contributed by atoms with Crippen LogP contribution in [0.25, 0.3) is 11.0 Å². The smallest absolute Gasteiger partial charge is 0.269 e. The van der Waals surface area contributed by atoms with E-state index in [0.29, 0.717) is 12.0 Å². The third-order valence-electron chi connectivity index (χ3n) is 6.73. The molecule has 1 aromatic carbocycles. The van der Waals surface area contributed by atoms with Crippen molar-refractivity contribution in [1.82, 2.24) is 25.8 Å². The molecule has 2 N–H and O–H groups in total. The number of carbonyl (C=O) groups is 2. The first kappa shape index (κ1) is 17.7. The number of hydrogen-bond acceptors (Lipinski definition) is 5. The fraction of sp³-hybridized carbons (Fsp3) is 0.318. The standard InChI is InChI=1S/C22H21N5O2/c1-21(2)14-7-10-22(21,18-17(14)24-15-5-3-4-6-16(15)25-18)20(29)27-26-19(28)13-8-11-23-12-9-13/h3-6,8-9,11-12,14H,7,10H2,1-2H3,(H,26,28)(H,27,29). The zero-order valence-electron chi connectivity index (χ0n) is 16.3. The van der Waals surface area contributed by atoms with Gasteiger partial charge in [0.15, 0.2) is 0 Å². The summed E-state index contributed by atoms with van der Waals surface area (Å²) in [4.78, 5) is 39.5. The van der Waals surface area contributed by atoms with Crippen LogP contribution in [0, 0.1) is 5.41 Å². The molecule has 7 heteroatoms. The molecule has 146 valence electrons. The zero-order valence-corrected chi connectivity index (χ0v) is 16.3. The molecule has 5 rings (SSSR count). The monoisotopic (exact) mass is 387 g/mol. The number of aromatic nitrogens is 3. The Morgan fingerprint density at radius 1 is 1.00 bits per heavy atom. The fourth-order valence-corrected chi connectivity index (χ4v) is 5.12. The van der Waals surface area contributed by atoms with Crippen LogP contribution in [0.4, 0.5) is 0 Å². The molecule has 29 heavy (non-hydrogen) atoms. The normalized spacial score (nSPS) is 23.6. The summed E-state index contributed by atoms with van der Waals surface area (Å²) in [6.45, 7) is 4.20. The zero-order chi connectivity index (χ0) is 20.2. The van der Waals surface area contributed by atoms with Crippen LogP contribution >= 0.6 is 0 Å². The minimum absolute atomic E-state index is 0.163. The van der Waals surface area contributed by atoms with Gasteiger partial charge < -0.3 is 0 Å². The molecule has 1 saturated carbocycles. The molecule has 1 fully saturated rings. The van der Waals surface area contributed by atoms with Gasteiger partial charge in [-0.3, -0.25) is 25.4 Å². The number of hydrogen-bond donors (Lipinski definition) is 2. The third-order valence-corrected chi connectivity index (χ3v) is 6.73. The molecular weight excluding hydrogens is 366 g/mol. The van der Waals surface area contributed by atoms with E-state index in [1.54, 1.807) is 12.1 Å². The van der Waals surface area contributed by atoms with Crippen LogP contribution in [0.5, 0.6) is 0 Å². The van der Waals surface area contributed by atoms with Gasteiger partial charge in [-0.15, -0.1) is 0 Å².